The van der Waals surface area contributed by atoms with Crippen molar-refractivity contribution < 1.29 is 17.9 Å². The minimum absolute atomic E-state index is 0.185. The predicted octanol–water partition coefficient (Wildman–Crippen LogP) is 2.71. The standard InChI is InChI=1S/C13H17ClO4S/c1-13(2,3)18-12(15)11(14)9-5-7-10(8-6-9)19(4,16)17/h5-8,11H,1-4H3. The Morgan fingerprint density at radius 2 is 1.68 bits per heavy atom. The molecule has 1 rings (SSSR count). The number of esters is 1. The van der Waals surface area contributed by atoms with Gasteiger partial charge in [-0.15, -0.1) is 11.6 Å². The van der Waals surface area contributed by atoms with Crippen molar-refractivity contribution in [1.29, 1.82) is 0 Å². The van der Waals surface area contributed by atoms with Crippen LogP contribution in [0.4, 0.5) is 0 Å². The van der Waals surface area contributed by atoms with Crippen LogP contribution < -0.4 is 0 Å². The summed E-state index contributed by atoms with van der Waals surface area (Å²) in [5, 5.41) is -0.951. The van der Waals surface area contributed by atoms with Crippen LogP contribution in [-0.2, 0) is 19.4 Å². The second kappa shape index (κ2) is 5.51. The van der Waals surface area contributed by atoms with Gasteiger partial charge < -0.3 is 4.74 Å². The highest BCUT2D eigenvalue weighted by atomic mass is 35.5. The van der Waals surface area contributed by atoms with Gasteiger partial charge in [0.2, 0.25) is 0 Å². The summed E-state index contributed by atoms with van der Waals surface area (Å²) in [6.07, 6.45) is 1.12. The first kappa shape index (κ1) is 16.0. The van der Waals surface area contributed by atoms with Crippen molar-refractivity contribution in [2.24, 2.45) is 0 Å². The number of rotatable bonds is 3. The maximum absolute atomic E-state index is 11.8. The van der Waals surface area contributed by atoms with Gasteiger partial charge in [0.15, 0.2) is 15.2 Å². The van der Waals surface area contributed by atoms with Crippen molar-refractivity contribution in [3.05, 3.63) is 29.8 Å². The lowest BCUT2D eigenvalue weighted by Gasteiger charge is -2.21. The molecular weight excluding hydrogens is 288 g/mol. The summed E-state index contributed by atoms with van der Waals surface area (Å²) in [6.45, 7) is 5.25. The first-order chi connectivity index (χ1) is 8.50. The molecule has 106 valence electrons. The van der Waals surface area contributed by atoms with Crippen molar-refractivity contribution in [3.8, 4) is 0 Å². The number of halogens is 1. The molecule has 19 heavy (non-hydrogen) atoms. The predicted molar refractivity (Wildman–Crippen MR) is 74.0 cm³/mol. The Balaban J connectivity index is 2.90. The van der Waals surface area contributed by atoms with E-state index in [1.165, 1.54) is 24.3 Å². The van der Waals surface area contributed by atoms with E-state index < -0.39 is 26.8 Å². The molecule has 1 unspecified atom stereocenters. The third kappa shape index (κ3) is 4.84. The molecule has 1 aromatic carbocycles. The average molecular weight is 305 g/mol. The lowest BCUT2D eigenvalue weighted by atomic mass is 10.1. The van der Waals surface area contributed by atoms with Crippen molar-refractivity contribution >= 4 is 27.4 Å². The van der Waals surface area contributed by atoms with Gasteiger partial charge in [-0.05, 0) is 38.5 Å². The number of carbonyl (C=O) groups is 1. The van der Waals surface area contributed by atoms with E-state index in [1.807, 2.05) is 0 Å². The van der Waals surface area contributed by atoms with Gasteiger partial charge in [-0.25, -0.2) is 8.42 Å². The summed E-state index contributed by atoms with van der Waals surface area (Å²) in [4.78, 5) is 12.0. The lowest BCUT2D eigenvalue weighted by Crippen LogP contribution is -2.26. The fraction of sp³-hybridized carbons (Fsp3) is 0.462. The van der Waals surface area contributed by atoms with E-state index in [1.54, 1.807) is 20.8 Å². The highest BCUT2D eigenvalue weighted by molar-refractivity contribution is 7.90. The van der Waals surface area contributed by atoms with E-state index in [9.17, 15) is 13.2 Å². The zero-order valence-electron chi connectivity index (χ0n) is 11.3. The third-order valence-electron chi connectivity index (χ3n) is 2.21. The second-order valence-electron chi connectivity index (χ2n) is 5.24. The number of alkyl halides is 1. The highest BCUT2D eigenvalue weighted by Crippen LogP contribution is 2.25. The van der Waals surface area contributed by atoms with E-state index >= 15 is 0 Å². The lowest BCUT2D eigenvalue weighted by molar-refractivity contribution is -0.154. The van der Waals surface area contributed by atoms with Crippen LogP contribution in [0.2, 0.25) is 0 Å². The van der Waals surface area contributed by atoms with Crippen molar-refractivity contribution in [1.82, 2.24) is 0 Å². The summed E-state index contributed by atoms with van der Waals surface area (Å²) in [5.41, 5.74) is -0.111. The molecule has 0 aliphatic rings. The van der Waals surface area contributed by atoms with E-state index in [0.29, 0.717) is 5.56 Å². The molecular formula is C13H17ClO4S. The quantitative estimate of drug-likeness (QED) is 0.636. The Bertz CT molecular complexity index is 555. The molecule has 0 aliphatic carbocycles. The minimum atomic E-state index is -3.25. The van der Waals surface area contributed by atoms with Crippen LogP contribution in [0.3, 0.4) is 0 Å². The summed E-state index contributed by atoms with van der Waals surface area (Å²) in [5.74, 6) is -0.554. The molecule has 0 amide bonds. The Hall–Kier alpha value is -1.07. The summed E-state index contributed by atoms with van der Waals surface area (Å²) in [6, 6.07) is 5.87. The van der Waals surface area contributed by atoms with Gasteiger partial charge in [0.25, 0.3) is 0 Å². The van der Waals surface area contributed by atoms with Crippen molar-refractivity contribution in [3.63, 3.8) is 0 Å². The molecule has 0 bridgehead atoms. The zero-order valence-corrected chi connectivity index (χ0v) is 12.9. The van der Waals surface area contributed by atoms with Crippen LogP contribution in [-0.4, -0.2) is 26.2 Å². The zero-order chi connectivity index (χ0) is 14.8. The van der Waals surface area contributed by atoms with Crippen LogP contribution in [0.1, 0.15) is 31.7 Å². The van der Waals surface area contributed by atoms with Gasteiger partial charge in [-0.3, -0.25) is 4.79 Å². The van der Waals surface area contributed by atoms with Gasteiger partial charge >= 0.3 is 5.97 Å². The van der Waals surface area contributed by atoms with E-state index in [2.05, 4.69) is 0 Å². The number of benzene rings is 1. The largest absolute Gasteiger partial charge is 0.459 e. The van der Waals surface area contributed by atoms with Gasteiger partial charge in [-0.2, -0.15) is 0 Å². The monoisotopic (exact) mass is 304 g/mol. The smallest absolute Gasteiger partial charge is 0.329 e. The minimum Gasteiger partial charge on any atom is -0.459 e. The molecule has 1 aromatic rings. The molecule has 0 radical (unpaired) electrons. The number of sulfone groups is 1. The van der Waals surface area contributed by atoms with Gasteiger partial charge in [0.1, 0.15) is 5.60 Å². The molecule has 0 aromatic heterocycles. The molecule has 0 N–H and O–H groups in total. The van der Waals surface area contributed by atoms with Crippen LogP contribution in [0.25, 0.3) is 0 Å². The van der Waals surface area contributed by atoms with E-state index in [-0.39, 0.29) is 4.90 Å². The fourth-order valence-corrected chi connectivity index (χ4v) is 2.19. The molecule has 0 heterocycles. The highest BCUT2D eigenvalue weighted by Gasteiger charge is 2.24. The molecule has 0 fully saturated rings. The summed E-state index contributed by atoms with van der Waals surface area (Å²) in [7, 11) is -3.25. The second-order valence-corrected chi connectivity index (χ2v) is 7.69. The van der Waals surface area contributed by atoms with Crippen LogP contribution in [0.15, 0.2) is 29.2 Å². The van der Waals surface area contributed by atoms with E-state index in [0.717, 1.165) is 6.26 Å². The average Bonchev–Trinajstić information content (AvgIpc) is 2.24. The Kier molecular flexibility index (Phi) is 4.63. The van der Waals surface area contributed by atoms with Gasteiger partial charge in [0.05, 0.1) is 4.90 Å². The summed E-state index contributed by atoms with van der Waals surface area (Å²) >= 11 is 6.01. The number of hydrogen-bond acceptors (Lipinski definition) is 4. The molecule has 0 saturated carbocycles. The maximum atomic E-state index is 11.8. The molecule has 0 aliphatic heterocycles. The molecule has 4 nitrogen and oxygen atoms in total. The maximum Gasteiger partial charge on any atom is 0.329 e. The first-order valence-electron chi connectivity index (χ1n) is 5.68. The number of carbonyl (C=O) groups excluding carboxylic acids is 1. The van der Waals surface area contributed by atoms with Crippen LogP contribution in [0.5, 0.6) is 0 Å². The SMILES string of the molecule is CC(C)(C)OC(=O)C(Cl)c1ccc(S(C)(=O)=O)cc1. The van der Waals surface area contributed by atoms with Gasteiger partial charge in [-0.1, -0.05) is 12.1 Å². The Labute approximate surface area is 118 Å². The number of hydrogen-bond donors (Lipinski definition) is 0. The molecule has 1 atom stereocenters. The summed E-state index contributed by atoms with van der Waals surface area (Å²) < 4.78 is 27.8. The Morgan fingerprint density at radius 3 is 2.05 bits per heavy atom. The first-order valence-corrected chi connectivity index (χ1v) is 8.00. The third-order valence-corrected chi connectivity index (χ3v) is 3.77. The van der Waals surface area contributed by atoms with Crippen molar-refractivity contribution in [2.45, 2.75) is 36.6 Å². The Morgan fingerprint density at radius 1 is 1.21 bits per heavy atom. The molecule has 6 heteroatoms. The molecule has 0 spiro atoms. The topological polar surface area (TPSA) is 60.4 Å². The normalized spacial score (nSPS) is 13.9. The van der Waals surface area contributed by atoms with Gasteiger partial charge in [0, 0.05) is 6.26 Å². The number of ether oxygens (including phenoxy) is 1. The van der Waals surface area contributed by atoms with Crippen LogP contribution in [0, 0.1) is 0 Å². The van der Waals surface area contributed by atoms with Crippen LogP contribution >= 0.6 is 11.6 Å². The molecule has 0 saturated heterocycles. The van der Waals surface area contributed by atoms with Crippen molar-refractivity contribution in [2.75, 3.05) is 6.26 Å². The van der Waals surface area contributed by atoms with E-state index in [4.69, 9.17) is 16.3 Å². The fourth-order valence-electron chi connectivity index (χ4n) is 1.37.